The Bertz CT molecular complexity index is 857. The van der Waals surface area contributed by atoms with Crippen LogP contribution in [0.1, 0.15) is 16.7 Å². The van der Waals surface area contributed by atoms with Crippen molar-refractivity contribution < 1.29 is 17.9 Å². The first-order valence-corrected chi connectivity index (χ1v) is 9.32. The molecule has 134 valence electrons. The molecule has 25 heavy (non-hydrogen) atoms. The molecular weight excluding hydrogens is 364 g/mol. The van der Waals surface area contributed by atoms with Crippen LogP contribution in [-0.2, 0) is 14.8 Å². The first kappa shape index (κ1) is 19.2. The molecule has 0 spiro atoms. The van der Waals surface area contributed by atoms with Crippen LogP contribution in [0.25, 0.3) is 0 Å². The molecule has 0 aliphatic rings. The van der Waals surface area contributed by atoms with Crippen molar-refractivity contribution >= 4 is 27.5 Å². The van der Waals surface area contributed by atoms with Crippen molar-refractivity contribution in [3.8, 4) is 5.75 Å². The molecule has 0 heterocycles. The summed E-state index contributed by atoms with van der Waals surface area (Å²) in [6.45, 7) is 5.18. The predicted octanol–water partition coefficient (Wildman–Crippen LogP) is 2.65. The summed E-state index contributed by atoms with van der Waals surface area (Å²) >= 11 is 6.07. The van der Waals surface area contributed by atoms with Crippen molar-refractivity contribution in [1.29, 1.82) is 0 Å². The SMILES string of the molecule is Cc1ccc(S(=O)(=O)NNC(=O)COc2cc(C)c(Cl)c(C)c2)cc1. The average Bonchev–Trinajstić information content (AvgIpc) is 2.56. The molecule has 0 aliphatic heterocycles. The van der Waals surface area contributed by atoms with Gasteiger partial charge in [-0.3, -0.25) is 10.2 Å². The van der Waals surface area contributed by atoms with E-state index in [0.29, 0.717) is 10.8 Å². The highest BCUT2D eigenvalue weighted by molar-refractivity contribution is 7.89. The fraction of sp³-hybridized carbons (Fsp3) is 0.235. The lowest BCUT2D eigenvalue weighted by Crippen LogP contribution is -2.43. The third-order valence-electron chi connectivity index (χ3n) is 3.44. The lowest BCUT2D eigenvalue weighted by Gasteiger charge is -2.11. The van der Waals surface area contributed by atoms with Crippen molar-refractivity contribution in [2.24, 2.45) is 0 Å². The zero-order chi connectivity index (χ0) is 18.6. The molecule has 2 N–H and O–H groups in total. The van der Waals surface area contributed by atoms with Crippen LogP contribution in [0.3, 0.4) is 0 Å². The van der Waals surface area contributed by atoms with Gasteiger partial charge in [-0.05, 0) is 56.2 Å². The first-order chi connectivity index (χ1) is 11.7. The van der Waals surface area contributed by atoms with Crippen LogP contribution in [0.2, 0.25) is 5.02 Å². The molecule has 0 aliphatic carbocycles. The Labute approximate surface area is 152 Å². The van der Waals surface area contributed by atoms with E-state index in [1.54, 1.807) is 24.3 Å². The molecule has 6 nitrogen and oxygen atoms in total. The highest BCUT2D eigenvalue weighted by Gasteiger charge is 2.15. The molecule has 0 atom stereocenters. The zero-order valence-electron chi connectivity index (χ0n) is 14.1. The Morgan fingerprint density at radius 1 is 1.08 bits per heavy atom. The summed E-state index contributed by atoms with van der Waals surface area (Å²) in [6, 6.07) is 9.67. The minimum Gasteiger partial charge on any atom is -0.484 e. The van der Waals surface area contributed by atoms with Crippen LogP contribution >= 0.6 is 11.6 Å². The minimum atomic E-state index is -3.83. The van der Waals surface area contributed by atoms with E-state index in [1.165, 1.54) is 12.1 Å². The van der Waals surface area contributed by atoms with Crippen LogP contribution in [0.15, 0.2) is 41.3 Å². The molecule has 0 unspecified atom stereocenters. The third-order valence-corrected chi connectivity index (χ3v) is 5.30. The van der Waals surface area contributed by atoms with E-state index in [1.807, 2.05) is 25.6 Å². The Kier molecular flexibility index (Phi) is 6.05. The van der Waals surface area contributed by atoms with Gasteiger partial charge in [0, 0.05) is 5.02 Å². The molecule has 0 bridgehead atoms. The highest BCUT2D eigenvalue weighted by atomic mass is 35.5. The van der Waals surface area contributed by atoms with Gasteiger partial charge in [-0.1, -0.05) is 29.3 Å². The largest absolute Gasteiger partial charge is 0.484 e. The Morgan fingerprint density at radius 2 is 1.64 bits per heavy atom. The fourth-order valence-corrected chi connectivity index (χ4v) is 3.04. The lowest BCUT2D eigenvalue weighted by molar-refractivity contribution is -0.123. The normalized spacial score (nSPS) is 11.2. The van der Waals surface area contributed by atoms with E-state index >= 15 is 0 Å². The molecular formula is C17H19ClN2O4S. The number of nitrogens with one attached hydrogen (secondary N) is 2. The highest BCUT2D eigenvalue weighted by Crippen LogP contribution is 2.25. The van der Waals surface area contributed by atoms with Crippen molar-refractivity contribution in [2.75, 3.05) is 6.61 Å². The number of ether oxygens (including phenoxy) is 1. The van der Waals surface area contributed by atoms with Crippen LogP contribution in [0, 0.1) is 20.8 Å². The Balaban J connectivity index is 1.91. The molecule has 2 aromatic carbocycles. The van der Waals surface area contributed by atoms with Gasteiger partial charge in [0.25, 0.3) is 15.9 Å². The van der Waals surface area contributed by atoms with Gasteiger partial charge in [-0.2, -0.15) is 0 Å². The second-order valence-electron chi connectivity index (χ2n) is 5.63. The molecule has 8 heteroatoms. The monoisotopic (exact) mass is 382 g/mol. The van der Waals surface area contributed by atoms with Crippen molar-refractivity contribution in [3.05, 3.63) is 58.1 Å². The summed E-state index contributed by atoms with van der Waals surface area (Å²) in [5, 5.41) is 0.641. The van der Waals surface area contributed by atoms with Gasteiger partial charge in [0.2, 0.25) is 0 Å². The number of hydrogen-bond donors (Lipinski definition) is 2. The molecule has 0 saturated heterocycles. The van der Waals surface area contributed by atoms with Gasteiger partial charge in [-0.25, -0.2) is 8.42 Å². The number of carbonyl (C=O) groups excluding carboxylic acids is 1. The third kappa shape index (κ3) is 5.19. The second kappa shape index (κ2) is 7.86. The van der Waals surface area contributed by atoms with E-state index in [4.69, 9.17) is 16.3 Å². The van der Waals surface area contributed by atoms with Crippen LogP contribution in [-0.4, -0.2) is 20.9 Å². The summed E-state index contributed by atoms with van der Waals surface area (Å²) < 4.78 is 29.5. The standard InChI is InChI=1S/C17H19ClN2O4S/c1-11-4-6-15(7-5-11)25(22,23)20-19-16(21)10-24-14-8-12(2)17(18)13(3)9-14/h4-9,20H,10H2,1-3H3,(H,19,21). The van der Waals surface area contributed by atoms with Gasteiger partial charge in [-0.15, -0.1) is 4.83 Å². The number of benzene rings is 2. The molecule has 0 saturated carbocycles. The summed E-state index contributed by atoms with van der Waals surface area (Å²) in [5.41, 5.74) is 4.72. The Hall–Kier alpha value is -2.09. The number of halogens is 1. The predicted molar refractivity (Wildman–Crippen MR) is 96.1 cm³/mol. The van der Waals surface area contributed by atoms with E-state index < -0.39 is 15.9 Å². The quantitative estimate of drug-likeness (QED) is 0.752. The maximum Gasteiger partial charge on any atom is 0.272 e. The molecule has 0 aromatic heterocycles. The lowest BCUT2D eigenvalue weighted by atomic mass is 10.1. The summed E-state index contributed by atoms with van der Waals surface area (Å²) in [6.07, 6.45) is 0. The van der Waals surface area contributed by atoms with E-state index in [2.05, 4.69) is 5.43 Å². The number of hydrogen-bond acceptors (Lipinski definition) is 4. The molecule has 1 amide bonds. The Morgan fingerprint density at radius 3 is 2.20 bits per heavy atom. The number of aryl methyl sites for hydroxylation is 3. The molecule has 2 rings (SSSR count). The number of rotatable bonds is 6. The van der Waals surface area contributed by atoms with Crippen molar-refractivity contribution in [2.45, 2.75) is 25.7 Å². The number of amides is 1. The minimum absolute atomic E-state index is 0.0586. The number of carbonyl (C=O) groups is 1. The van der Waals surface area contributed by atoms with E-state index in [0.717, 1.165) is 16.7 Å². The smallest absolute Gasteiger partial charge is 0.272 e. The van der Waals surface area contributed by atoms with Gasteiger partial charge in [0.05, 0.1) is 4.90 Å². The maximum absolute atomic E-state index is 12.1. The van der Waals surface area contributed by atoms with Crippen LogP contribution < -0.4 is 15.0 Å². The first-order valence-electron chi connectivity index (χ1n) is 7.46. The summed E-state index contributed by atoms with van der Waals surface area (Å²) in [5.74, 6) is -0.142. The summed E-state index contributed by atoms with van der Waals surface area (Å²) in [7, 11) is -3.83. The molecule has 0 fully saturated rings. The van der Waals surface area contributed by atoms with Gasteiger partial charge >= 0.3 is 0 Å². The number of sulfonamides is 1. The van der Waals surface area contributed by atoms with Gasteiger partial charge in [0.15, 0.2) is 6.61 Å². The van der Waals surface area contributed by atoms with Crippen molar-refractivity contribution in [1.82, 2.24) is 10.3 Å². The molecule has 0 radical (unpaired) electrons. The zero-order valence-corrected chi connectivity index (χ0v) is 15.7. The number of hydrazine groups is 1. The van der Waals surface area contributed by atoms with Crippen LogP contribution in [0.5, 0.6) is 5.75 Å². The topological polar surface area (TPSA) is 84.5 Å². The second-order valence-corrected chi connectivity index (χ2v) is 7.69. The fourth-order valence-electron chi connectivity index (χ4n) is 2.07. The van der Waals surface area contributed by atoms with E-state index in [-0.39, 0.29) is 11.5 Å². The summed E-state index contributed by atoms with van der Waals surface area (Å²) in [4.78, 5) is 13.9. The maximum atomic E-state index is 12.1. The van der Waals surface area contributed by atoms with E-state index in [9.17, 15) is 13.2 Å². The van der Waals surface area contributed by atoms with Crippen LogP contribution in [0.4, 0.5) is 0 Å². The van der Waals surface area contributed by atoms with Crippen molar-refractivity contribution in [3.63, 3.8) is 0 Å². The van der Waals surface area contributed by atoms with Gasteiger partial charge in [0.1, 0.15) is 5.75 Å². The average molecular weight is 383 g/mol. The molecule has 2 aromatic rings. The van der Waals surface area contributed by atoms with Gasteiger partial charge < -0.3 is 4.74 Å².